The molecule has 7 heteroatoms. The summed E-state index contributed by atoms with van der Waals surface area (Å²) in [6, 6.07) is 4.51. The number of likely N-dealkylation sites (N-methyl/N-ethyl adjacent to an activating group) is 1. The van der Waals surface area contributed by atoms with Gasteiger partial charge in [0.05, 0.1) is 14.2 Å². The minimum atomic E-state index is -0.706. The van der Waals surface area contributed by atoms with Crippen molar-refractivity contribution in [2.24, 2.45) is 5.92 Å². The van der Waals surface area contributed by atoms with E-state index in [1.807, 2.05) is 13.8 Å². The van der Waals surface area contributed by atoms with E-state index in [1.54, 1.807) is 53.1 Å². The third kappa shape index (κ3) is 6.34. The van der Waals surface area contributed by atoms with E-state index in [2.05, 4.69) is 5.32 Å². The van der Waals surface area contributed by atoms with Gasteiger partial charge in [-0.3, -0.25) is 4.79 Å². The highest BCUT2D eigenvalue weighted by molar-refractivity contribution is 5.98. The zero-order chi connectivity index (χ0) is 20.8. The van der Waals surface area contributed by atoms with Crippen LogP contribution in [0, 0.1) is 5.92 Å². The first kappa shape index (κ1) is 22.6. The van der Waals surface area contributed by atoms with Gasteiger partial charge in [0.25, 0.3) is 0 Å². The smallest absolute Gasteiger partial charge is 0.408 e. The lowest BCUT2D eigenvalue weighted by Crippen LogP contribution is -2.51. The molecule has 0 aliphatic carbocycles. The zero-order valence-corrected chi connectivity index (χ0v) is 17.6. The number of hydrogen-bond donors (Lipinski definition) is 1. The van der Waals surface area contributed by atoms with Crippen molar-refractivity contribution in [1.29, 1.82) is 0 Å². The fraction of sp³-hybridized carbons (Fsp3) is 0.600. The van der Waals surface area contributed by atoms with Crippen LogP contribution in [0.1, 0.15) is 41.0 Å². The Balaban J connectivity index is 3.05. The largest absolute Gasteiger partial charge is 0.493 e. The van der Waals surface area contributed by atoms with Crippen LogP contribution in [-0.2, 0) is 9.53 Å². The van der Waals surface area contributed by atoms with E-state index in [9.17, 15) is 9.59 Å². The minimum Gasteiger partial charge on any atom is -0.493 e. The topological polar surface area (TPSA) is 77.1 Å². The van der Waals surface area contributed by atoms with Crippen molar-refractivity contribution in [2.45, 2.75) is 52.7 Å². The van der Waals surface area contributed by atoms with Gasteiger partial charge in [-0.2, -0.15) is 0 Å². The highest BCUT2D eigenvalue weighted by atomic mass is 16.6. The molecule has 2 unspecified atom stereocenters. The van der Waals surface area contributed by atoms with Crippen LogP contribution in [0.25, 0.3) is 0 Å². The van der Waals surface area contributed by atoms with Gasteiger partial charge in [0.2, 0.25) is 5.91 Å². The number of ether oxygens (including phenoxy) is 3. The van der Waals surface area contributed by atoms with Gasteiger partial charge in [-0.25, -0.2) is 4.79 Å². The Morgan fingerprint density at radius 2 is 1.74 bits per heavy atom. The highest BCUT2D eigenvalue weighted by Gasteiger charge is 2.31. The summed E-state index contributed by atoms with van der Waals surface area (Å²) in [7, 11) is 4.75. The molecule has 0 saturated heterocycles. The van der Waals surface area contributed by atoms with E-state index in [0.717, 1.165) is 6.42 Å². The third-order valence-electron chi connectivity index (χ3n) is 4.24. The van der Waals surface area contributed by atoms with Gasteiger partial charge in [-0.05, 0) is 38.8 Å². The summed E-state index contributed by atoms with van der Waals surface area (Å²) in [5.74, 6) is 0.803. The molecule has 0 bridgehead atoms. The molecule has 0 aliphatic rings. The van der Waals surface area contributed by atoms with Crippen LogP contribution in [0.2, 0.25) is 0 Å². The van der Waals surface area contributed by atoms with Crippen molar-refractivity contribution >= 4 is 17.7 Å². The number of carbonyl (C=O) groups excluding carboxylic acids is 2. The zero-order valence-electron chi connectivity index (χ0n) is 17.6. The number of nitrogens with one attached hydrogen (secondary N) is 1. The average Bonchev–Trinajstić information content (AvgIpc) is 2.62. The SMILES string of the molecule is CCC(C)C(NC(=O)OC(C)(C)C)C(=O)N(C)c1ccc(OC)c(OC)c1. The van der Waals surface area contributed by atoms with Crippen molar-refractivity contribution < 1.29 is 23.8 Å². The fourth-order valence-electron chi connectivity index (χ4n) is 2.49. The second-order valence-corrected chi connectivity index (χ2v) is 7.45. The van der Waals surface area contributed by atoms with Gasteiger partial charge < -0.3 is 24.4 Å². The molecule has 0 radical (unpaired) electrons. The highest BCUT2D eigenvalue weighted by Crippen LogP contribution is 2.31. The molecule has 0 aliphatic heterocycles. The molecule has 152 valence electrons. The second-order valence-electron chi connectivity index (χ2n) is 7.45. The van der Waals surface area contributed by atoms with E-state index in [1.165, 1.54) is 12.0 Å². The summed E-state index contributed by atoms with van der Waals surface area (Å²) in [5.41, 5.74) is -0.000465. The Labute approximate surface area is 162 Å². The van der Waals surface area contributed by atoms with Crippen LogP contribution in [0.4, 0.5) is 10.5 Å². The first-order chi connectivity index (χ1) is 12.5. The van der Waals surface area contributed by atoms with Crippen molar-refractivity contribution in [3.63, 3.8) is 0 Å². The van der Waals surface area contributed by atoms with Gasteiger partial charge in [-0.1, -0.05) is 20.3 Å². The predicted molar refractivity (Wildman–Crippen MR) is 106 cm³/mol. The molecule has 7 nitrogen and oxygen atoms in total. The maximum atomic E-state index is 13.1. The fourth-order valence-corrected chi connectivity index (χ4v) is 2.49. The molecule has 0 fully saturated rings. The van der Waals surface area contributed by atoms with E-state index in [0.29, 0.717) is 17.2 Å². The van der Waals surface area contributed by atoms with E-state index >= 15 is 0 Å². The van der Waals surface area contributed by atoms with Crippen LogP contribution in [0.15, 0.2) is 18.2 Å². The lowest BCUT2D eigenvalue weighted by molar-refractivity contribution is -0.121. The summed E-state index contributed by atoms with van der Waals surface area (Å²) in [6.45, 7) is 9.23. The number of amides is 2. The Morgan fingerprint density at radius 3 is 2.22 bits per heavy atom. The number of carbonyl (C=O) groups is 2. The van der Waals surface area contributed by atoms with Gasteiger partial charge >= 0.3 is 6.09 Å². The summed E-state index contributed by atoms with van der Waals surface area (Å²) >= 11 is 0. The Morgan fingerprint density at radius 1 is 1.15 bits per heavy atom. The van der Waals surface area contributed by atoms with Gasteiger partial charge in [0.15, 0.2) is 11.5 Å². The summed E-state index contributed by atoms with van der Waals surface area (Å²) in [6.07, 6.45) is 0.119. The number of methoxy groups -OCH3 is 2. The summed E-state index contributed by atoms with van der Waals surface area (Å²) < 4.78 is 15.8. The second kappa shape index (κ2) is 9.48. The number of anilines is 1. The molecule has 0 saturated carbocycles. The third-order valence-corrected chi connectivity index (χ3v) is 4.24. The average molecular weight is 380 g/mol. The molecule has 0 aromatic heterocycles. The summed E-state index contributed by atoms with van der Waals surface area (Å²) in [4.78, 5) is 26.8. The van der Waals surface area contributed by atoms with Crippen molar-refractivity contribution in [3.8, 4) is 11.5 Å². The Bertz CT molecular complexity index is 654. The van der Waals surface area contributed by atoms with Crippen molar-refractivity contribution in [3.05, 3.63) is 18.2 Å². The van der Waals surface area contributed by atoms with Crippen LogP contribution in [0.3, 0.4) is 0 Å². The number of alkyl carbamates (subject to hydrolysis) is 1. The molecule has 1 aromatic rings. The lowest BCUT2D eigenvalue weighted by atomic mass is 9.98. The van der Waals surface area contributed by atoms with Crippen LogP contribution in [-0.4, -0.2) is 44.9 Å². The Hall–Kier alpha value is -2.44. The molecular formula is C20H32N2O5. The number of rotatable bonds is 7. The van der Waals surface area contributed by atoms with E-state index < -0.39 is 17.7 Å². The first-order valence-corrected chi connectivity index (χ1v) is 9.03. The van der Waals surface area contributed by atoms with E-state index in [-0.39, 0.29) is 11.8 Å². The van der Waals surface area contributed by atoms with Crippen LogP contribution < -0.4 is 19.7 Å². The number of hydrogen-bond acceptors (Lipinski definition) is 5. The summed E-state index contributed by atoms with van der Waals surface area (Å²) in [5, 5.41) is 2.72. The molecule has 1 rings (SSSR count). The van der Waals surface area contributed by atoms with Crippen LogP contribution >= 0.6 is 0 Å². The molecule has 2 amide bonds. The lowest BCUT2D eigenvalue weighted by Gasteiger charge is -2.29. The van der Waals surface area contributed by atoms with Gasteiger partial charge in [-0.15, -0.1) is 0 Å². The Kier molecular flexibility index (Phi) is 7.94. The number of nitrogens with zero attached hydrogens (tertiary/aromatic N) is 1. The van der Waals surface area contributed by atoms with Crippen molar-refractivity contribution in [2.75, 3.05) is 26.2 Å². The predicted octanol–water partition coefficient (Wildman–Crippen LogP) is 3.61. The van der Waals surface area contributed by atoms with E-state index in [4.69, 9.17) is 14.2 Å². The maximum Gasteiger partial charge on any atom is 0.408 e. The molecule has 1 N–H and O–H groups in total. The normalized spacial score (nSPS) is 13.3. The standard InChI is InChI=1S/C20H32N2O5/c1-9-13(2)17(21-19(24)27-20(3,4)5)18(23)22(6)14-10-11-15(25-7)16(12-14)26-8/h10-13,17H,9H2,1-8H3,(H,21,24). The first-order valence-electron chi connectivity index (χ1n) is 9.03. The maximum absolute atomic E-state index is 13.1. The molecular weight excluding hydrogens is 348 g/mol. The van der Waals surface area contributed by atoms with Gasteiger partial charge in [0.1, 0.15) is 11.6 Å². The molecule has 0 spiro atoms. The minimum absolute atomic E-state index is 0.0624. The molecule has 0 heterocycles. The number of benzene rings is 1. The van der Waals surface area contributed by atoms with Crippen molar-refractivity contribution in [1.82, 2.24) is 5.32 Å². The molecule has 2 atom stereocenters. The molecule has 27 heavy (non-hydrogen) atoms. The van der Waals surface area contributed by atoms with Gasteiger partial charge in [0, 0.05) is 18.8 Å². The molecule has 1 aromatic carbocycles. The monoisotopic (exact) mass is 380 g/mol. The van der Waals surface area contributed by atoms with Crippen LogP contribution in [0.5, 0.6) is 11.5 Å². The quantitative estimate of drug-likeness (QED) is 0.782.